The molecular formula is C16H26ClN3O2. The molecule has 0 spiro atoms. The standard InChI is InChI=1S/C16H26ClN3O2/c17-9-5-6-13-10(7-9)15-16(20(13)8-14(21)22)19-12-4-2-1-3-11(12)18-15/h9-13,15-16,18-19H,1-8H2,(H,21,22). The summed E-state index contributed by atoms with van der Waals surface area (Å²) < 4.78 is 0. The highest BCUT2D eigenvalue weighted by atomic mass is 35.5. The quantitative estimate of drug-likeness (QED) is 0.668. The highest BCUT2D eigenvalue weighted by Gasteiger charge is 2.54. The van der Waals surface area contributed by atoms with Crippen LogP contribution < -0.4 is 10.6 Å². The third-order valence-corrected chi connectivity index (χ3v) is 6.65. The van der Waals surface area contributed by atoms with Crippen molar-refractivity contribution in [3.63, 3.8) is 0 Å². The number of nitrogens with zero attached hydrogens (tertiary/aromatic N) is 1. The summed E-state index contributed by atoms with van der Waals surface area (Å²) >= 11 is 6.42. The van der Waals surface area contributed by atoms with Crippen molar-refractivity contribution < 1.29 is 9.90 Å². The number of rotatable bonds is 2. The Hall–Kier alpha value is -0.360. The van der Waals surface area contributed by atoms with Crippen LogP contribution in [0.15, 0.2) is 0 Å². The van der Waals surface area contributed by atoms with Gasteiger partial charge in [0, 0.05) is 29.5 Å². The number of nitrogens with one attached hydrogen (secondary N) is 2. The Morgan fingerprint density at radius 1 is 1.14 bits per heavy atom. The topological polar surface area (TPSA) is 64.6 Å². The Bertz CT molecular complexity index is 449. The third kappa shape index (κ3) is 2.56. The van der Waals surface area contributed by atoms with Crippen LogP contribution in [0.3, 0.4) is 0 Å². The van der Waals surface area contributed by atoms with Crippen molar-refractivity contribution in [3.05, 3.63) is 0 Å². The number of carboxylic acids is 1. The third-order valence-electron chi connectivity index (χ3n) is 6.26. The van der Waals surface area contributed by atoms with E-state index in [0.717, 1.165) is 19.3 Å². The van der Waals surface area contributed by atoms with E-state index in [2.05, 4.69) is 15.5 Å². The molecule has 2 aliphatic carbocycles. The van der Waals surface area contributed by atoms with Gasteiger partial charge in [0.05, 0.1) is 12.7 Å². The van der Waals surface area contributed by atoms with E-state index < -0.39 is 5.97 Å². The number of alkyl halides is 1. The molecule has 124 valence electrons. The summed E-state index contributed by atoms with van der Waals surface area (Å²) in [5.41, 5.74) is 0. The zero-order valence-corrected chi connectivity index (χ0v) is 13.6. The Morgan fingerprint density at radius 3 is 2.59 bits per heavy atom. The Balaban J connectivity index is 1.59. The van der Waals surface area contributed by atoms with E-state index in [1.165, 1.54) is 25.7 Å². The van der Waals surface area contributed by atoms with E-state index in [-0.39, 0.29) is 18.1 Å². The molecule has 2 aliphatic heterocycles. The number of hydrogen-bond donors (Lipinski definition) is 3. The number of fused-ring (bicyclic) bond motifs is 4. The van der Waals surface area contributed by atoms with Gasteiger partial charge in [0.2, 0.25) is 0 Å². The maximum atomic E-state index is 11.3. The molecule has 3 N–H and O–H groups in total. The van der Waals surface area contributed by atoms with E-state index in [9.17, 15) is 9.90 Å². The molecule has 5 nitrogen and oxygen atoms in total. The van der Waals surface area contributed by atoms with Crippen molar-refractivity contribution in [2.45, 2.75) is 80.7 Å². The molecule has 2 saturated carbocycles. The van der Waals surface area contributed by atoms with Crippen LogP contribution >= 0.6 is 11.6 Å². The van der Waals surface area contributed by atoms with Crippen LogP contribution in [0.2, 0.25) is 0 Å². The smallest absolute Gasteiger partial charge is 0.317 e. The summed E-state index contributed by atoms with van der Waals surface area (Å²) in [5.74, 6) is -0.240. The number of carbonyl (C=O) groups is 1. The van der Waals surface area contributed by atoms with Gasteiger partial charge in [0.1, 0.15) is 0 Å². The van der Waals surface area contributed by atoms with Crippen molar-refractivity contribution in [2.24, 2.45) is 5.92 Å². The Labute approximate surface area is 136 Å². The Morgan fingerprint density at radius 2 is 1.86 bits per heavy atom. The van der Waals surface area contributed by atoms with Crippen LogP contribution in [0.4, 0.5) is 0 Å². The molecular weight excluding hydrogens is 302 g/mol. The van der Waals surface area contributed by atoms with Crippen LogP contribution in [-0.2, 0) is 4.79 Å². The van der Waals surface area contributed by atoms with Gasteiger partial charge in [-0.1, -0.05) is 12.8 Å². The van der Waals surface area contributed by atoms with Crippen molar-refractivity contribution >= 4 is 17.6 Å². The summed E-state index contributed by atoms with van der Waals surface area (Å²) in [4.78, 5) is 13.5. The number of halogens is 1. The number of aliphatic carboxylic acids is 1. The number of piperazine rings is 1. The van der Waals surface area contributed by atoms with Gasteiger partial charge in [-0.25, -0.2) is 0 Å². The summed E-state index contributed by atoms with van der Waals surface area (Å²) in [6.45, 7) is 0.140. The second kappa shape index (κ2) is 5.93. The lowest BCUT2D eigenvalue weighted by molar-refractivity contribution is -0.139. The molecule has 0 bridgehead atoms. The van der Waals surface area contributed by atoms with Crippen molar-refractivity contribution in [3.8, 4) is 0 Å². The normalized spacial score (nSPS) is 48.3. The molecule has 7 atom stereocenters. The lowest BCUT2D eigenvalue weighted by Crippen LogP contribution is -2.69. The molecule has 2 heterocycles. The minimum atomic E-state index is -0.722. The van der Waals surface area contributed by atoms with E-state index >= 15 is 0 Å². The van der Waals surface area contributed by atoms with Gasteiger partial charge in [0.25, 0.3) is 0 Å². The predicted molar refractivity (Wildman–Crippen MR) is 85.0 cm³/mol. The second-order valence-corrected chi connectivity index (χ2v) is 8.13. The maximum absolute atomic E-state index is 11.3. The SMILES string of the molecule is O=C(O)CN1C2CCC(Cl)CC2C2NC3CCCCC3NC21. The highest BCUT2D eigenvalue weighted by molar-refractivity contribution is 6.20. The van der Waals surface area contributed by atoms with Gasteiger partial charge in [-0.3, -0.25) is 15.0 Å². The van der Waals surface area contributed by atoms with E-state index in [4.69, 9.17) is 11.6 Å². The number of likely N-dealkylation sites (tertiary alicyclic amines) is 1. The molecule has 0 radical (unpaired) electrons. The molecule has 7 unspecified atom stereocenters. The highest BCUT2D eigenvalue weighted by Crippen LogP contribution is 2.43. The van der Waals surface area contributed by atoms with E-state index in [0.29, 0.717) is 30.1 Å². The first-order valence-corrected chi connectivity index (χ1v) is 9.21. The fourth-order valence-corrected chi connectivity index (χ4v) is 5.69. The van der Waals surface area contributed by atoms with Gasteiger partial charge >= 0.3 is 5.97 Å². The molecule has 4 rings (SSSR count). The van der Waals surface area contributed by atoms with Crippen LogP contribution in [0.1, 0.15) is 44.9 Å². The van der Waals surface area contributed by atoms with Crippen molar-refractivity contribution in [2.75, 3.05) is 6.54 Å². The molecule has 4 fully saturated rings. The van der Waals surface area contributed by atoms with Crippen LogP contribution in [0.5, 0.6) is 0 Å². The second-order valence-electron chi connectivity index (χ2n) is 7.51. The average molecular weight is 328 g/mol. The molecule has 0 aromatic heterocycles. The minimum absolute atomic E-state index is 0.140. The first-order valence-electron chi connectivity index (χ1n) is 8.77. The van der Waals surface area contributed by atoms with Crippen molar-refractivity contribution in [1.82, 2.24) is 15.5 Å². The van der Waals surface area contributed by atoms with Gasteiger partial charge < -0.3 is 10.4 Å². The number of carboxylic acid groups (broad SMARTS) is 1. The zero-order valence-electron chi connectivity index (χ0n) is 12.9. The lowest BCUT2D eigenvalue weighted by atomic mass is 9.79. The van der Waals surface area contributed by atoms with Crippen LogP contribution in [0, 0.1) is 5.92 Å². The van der Waals surface area contributed by atoms with Gasteiger partial charge in [-0.2, -0.15) is 0 Å². The zero-order chi connectivity index (χ0) is 15.3. The summed E-state index contributed by atoms with van der Waals surface area (Å²) in [7, 11) is 0. The number of hydrogen-bond acceptors (Lipinski definition) is 4. The molecule has 4 aliphatic rings. The summed E-state index contributed by atoms with van der Waals surface area (Å²) in [5, 5.41) is 17.3. The predicted octanol–water partition coefficient (Wildman–Crippen LogP) is 1.36. The molecule has 0 amide bonds. The van der Waals surface area contributed by atoms with Gasteiger partial charge in [-0.05, 0) is 38.0 Å². The minimum Gasteiger partial charge on any atom is -0.480 e. The van der Waals surface area contributed by atoms with E-state index in [1.54, 1.807) is 0 Å². The van der Waals surface area contributed by atoms with Gasteiger partial charge in [0.15, 0.2) is 0 Å². The fraction of sp³-hybridized carbons (Fsp3) is 0.938. The summed E-state index contributed by atoms with van der Waals surface area (Å²) in [6.07, 6.45) is 8.23. The molecule has 22 heavy (non-hydrogen) atoms. The Kier molecular flexibility index (Phi) is 4.09. The van der Waals surface area contributed by atoms with Crippen LogP contribution in [-0.4, -0.2) is 58.2 Å². The molecule has 6 heteroatoms. The molecule has 0 aromatic carbocycles. The average Bonchev–Trinajstić information content (AvgIpc) is 2.78. The molecule has 2 saturated heterocycles. The monoisotopic (exact) mass is 327 g/mol. The van der Waals surface area contributed by atoms with E-state index in [1.807, 2.05) is 0 Å². The largest absolute Gasteiger partial charge is 0.480 e. The van der Waals surface area contributed by atoms with Crippen molar-refractivity contribution in [1.29, 1.82) is 0 Å². The lowest BCUT2D eigenvalue weighted by Gasteiger charge is -2.46. The molecule has 0 aromatic rings. The van der Waals surface area contributed by atoms with Gasteiger partial charge in [-0.15, -0.1) is 11.6 Å². The van der Waals surface area contributed by atoms with Crippen LogP contribution in [0.25, 0.3) is 0 Å². The summed E-state index contributed by atoms with van der Waals surface area (Å²) in [6, 6.07) is 1.76. The first-order chi connectivity index (χ1) is 10.6. The fourth-order valence-electron chi connectivity index (χ4n) is 5.36. The maximum Gasteiger partial charge on any atom is 0.317 e. The first kappa shape index (κ1) is 15.2.